The summed E-state index contributed by atoms with van der Waals surface area (Å²) in [6.45, 7) is 2.95. The fourth-order valence-electron chi connectivity index (χ4n) is 2.67. The monoisotopic (exact) mass is 365 g/mol. The molecule has 1 heterocycles. The van der Waals surface area contributed by atoms with Crippen LogP contribution < -0.4 is 0 Å². The Morgan fingerprint density at radius 3 is 2.52 bits per heavy atom. The van der Waals surface area contributed by atoms with E-state index in [4.69, 9.17) is 23.2 Å². The molecule has 1 aliphatic rings. The average Bonchev–Trinajstić information content (AvgIpc) is 2.58. The third kappa shape index (κ3) is 4.10. The van der Waals surface area contributed by atoms with Gasteiger partial charge >= 0.3 is 0 Å². The zero-order chi connectivity index (χ0) is 16.2. The highest BCUT2D eigenvalue weighted by atomic mass is 35.5. The topological polar surface area (TPSA) is 20.3 Å². The second-order valence-electron chi connectivity index (χ2n) is 5.50. The van der Waals surface area contributed by atoms with Crippen LogP contribution in [0.15, 0.2) is 42.5 Å². The van der Waals surface area contributed by atoms with E-state index >= 15 is 0 Å². The van der Waals surface area contributed by atoms with E-state index in [2.05, 4.69) is 4.90 Å². The molecule has 0 aliphatic carbocycles. The number of halogens is 2. The minimum Gasteiger partial charge on any atom is -0.297 e. The Kier molecular flexibility index (Phi) is 5.65. The Labute approximate surface area is 150 Å². The van der Waals surface area contributed by atoms with Crippen LogP contribution in [0.5, 0.6) is 0 Å². The highest BCUT2D eigenvalue weighted by Crippen LogP contribution is 2.25. The first-order valence-corrected chi connectivity index (χ1v) is 9.44. The summed E-state index contributed by atoms with van der Waals surface area (Å²) in [5.74, 6) is 2.30. The molecule has 120 valence electrons. The number of rotatable bonds is 4. The number of ketones is 1. The van der Waals surface area contributed by atoms with Crippen molar-refractivity contribution in [2.45, 2.75) is 6.54 Å². The molecule has 23 heavy (non-hydrogen) atoms. The number of hydrogen-bond donors (Lipinski definition) is 0. The lowest BCUT2D eigenvalue weighted by atomic mass is 9.98. The lowest BCUT2D eigenvalue weighted by molar-refractivity contribution is 0.103. The molecule has 1 fully saturated rings. The first-order valence-electron chi connectivity index (χ1n) is 7.53. The number of hydrogen-bond acceptors (Lipinski definition) is 3. The van der Waals surface area contributed by atoms with Gasteiger partial charge in [0.1, 0.15) is 0 Å². The molecule has 0 saturated carbocycles. The van der Waals surface area contributed by atoms with E-state index in [0.717, 1.165) is 42.3 Å². The first-order chi connectivity index (χ1) is 11.1. The predicted molar refractivity (Wildman–Crippen MR) is 98.9 cm³/mol. The number of carbonyl (C=O) groups excluding carboxylic acids is 1. The summed E-state index contributed by atoms with van der Waals surface area (Å²) in [5.41, 5.74) is 2.38. The van der Waals surface area contributed by atoms with Crippen molar-refractivity contribution in [2.24, 2.45) is 0 Å². The predicted octanol–water partition coefficient (Wildman–Crippen LogP) is 4.77. The quantitative estimate of drug-likeness (QED) is 0.727. The van der Waals surface area contributed by atoms with Crippen LogP contribution in [0.2, 0.25) is 10.0 Å². The van der Waals surface area contributed by atoms with Gasteiger partial charge < -0.3 is 0 Å². The Balaban J connectivity index is 1.86. The van der Waals surface area contributed by atoms with Crippen LogP contribution in [0.3, 0.4) is 0 Å². The molecule has 0 radical (unpaired) electrons. The van der Waals surface area contributed by atoms with Gasteiger partial charge in [-0.2, -0.15) is 11.8 Å². The smallest absolute Gasteiger partial charge is 0.193 e. The van der Waals surface area contributed by atoms with Gasteiger partial charge in [0, 0.05) is 42.3 Å². The van der Waals surface area contributed by atoms with E-state index in [1.165, 1.54) is 0 Å². The van der Waals surface area contributed by atoms with Crippen LogP contribution in [0.25, 0.3) is 0 Å². The zero-order valence-electron chi connectivity index (χ0n) is 12.6. The molecule has 1 saturated heterocycles. The van der Waals surface area contributed by atoms with Crippen molar-refractivity contribution in [1.82, 2.24) is 4.90 Å². The minimum atomic E-state index is -0.00875. The van der Waals surface area contributed by atoms with Gasteiger partial charge in [-0.05, 0) is 23.8 Å². The molecule has 0 aromatic heterocycles. The lowest BCUT2D eigenvalue weighted by Crippen LogP contribution is -2.32. The van der Waals surface area contributed by atoms with E-state index in [1.807, 2.05) is 36.0 Å². The van der Waals surface area contributed by atoms with E-state index < -0.39 is 0 Å². The largest absolute Gasteiger partial charge is 0.297 e. The zero-order valence-corrected chi connectivity index (χ0v) is 14.9. The summed E-state index contributed by atoms with van der Waals surface area (Å²) >= 11 is 14.0. The third-order valence-corrected chi connectivity index (χ3v) is 5.62. The van der Waals surface area contributed by atoms with Crippen molar-refractivity contribution in [3.63, 3.8) is 0 Å². The molecule has 3 rings (SSSR count). The van der Waals surface area contributed by atoms with Crippen molar-refractivity contribution >= 4 is 40.7 Å². The number of thioether (sulfide) groups is 1. The summed E-state index contributed by atoms with van der Waals surface area (Å²) in [5, 5.41) is 0.866. The van der Waals surface area contributed by atoms with Crippen LogP contribution in [-0.4, -0.2) is 35.3 Å². The fraction of sp³-hybridized carbons (Fsp3) is 0.278. The molecule has 1 aliphatic heterocycles. The second-order valence-corrected chi connectivity index (χ2v) is 7.54. The van der Waals surface area contributed by atoms with Gasteiger partial charge in [0.25, 0.3) is 0 Å². The number of carbonyl (C=O) groups is 1. The summed E-state index contributed by atoms with van der Waals surface area (Å²) in [6.07, 6.45) is 0. The van der Waals surface area contributed by atoms with Crippen molar-refractivity contribution < 1.29 is 4.79 Å². The Bertz CT molecular complexity index is 714. The van der Waals surface area contributed by atoms with Crippen LogP contribution in [0.4, 0.5) is 0 Å². The van der Waals surface area contributed by atoms with Gasteiger partial charge in [0.2, 0.25) is 0 Å². The normalized spacial score (nSPS) is 15.6. The Morgan fingerprint density at radius 1 is 1.04 bits per heavy atom. The summed E-state index contributed by atoms with van der Waals surface area (Å²) < 4.78 is 0. The molecule has 0 atom stereocenters. The molecule has 2 aromatic rings. The van der Waals surface area contributed by atoms with Crippen LogP contribution in [0, 0.1) is 0 Å². The van der Waals surface area contributed by atoms with E-state index in [1.54, 1.807) is 18.2 Å². The summed E-state index contributed by atoms with van der Waals surface area (Å²) in [4.78, 5) is 15.2. The molecule has 0 N–H and O–H groups in total. The molecule has 2 aromatic carbocycles. The SMILES string of the molecule is O=C(c1ccc(Cl)c(Cl)c1)c1ccccc1CN1CCSCC1. The Morgan fingerprint density at radius 2 is 1.78 bits per heavy atom. The summed E-state index contributed by atoms with van der Waals surface area (Å²) in [6, 6.07) is 12.8. The van der Waals surface area contributed by atoms with Crippen molar-refractivity contribution in [2.75, 3.05) is 24.6 Å². The van der Waals surface area contributed by atoms with Gasteiger partial charge in [-0.1, -0.05) is 47.5 Å². The number of nitrogens with zero attached hydrogens (tertiary/aromatic N) is 1. The van der Waals surface area contributed by atoms with Gasteiger partial charge in [-0.15, -0.1) is 0 Å². The van der Waals surface area contributed by atoms with Gasteiger partial charge in [0.05, 0.1) is 10.0 Å². The molecule has 2 nitrogen and oxygen atoms in total. The first kappa shape index (κ1) is 16.8. The Hall–Kier alpha value is -1.00. The van der Waals surface area contributed by atoms with Gasteiger partial charge in [0.15, 0.2) is 5.78 Å². The van der Waals surface area contributed by atoms with Crippen LogP contribution in [-0.2, 0) is 6.54 Å². The maximum absolute atomic E-state index is 12.8. The van der Waals surface area contributed by atoms with Crippen molar-refractivity contribution in [3.8, 4) is 0 Å². The highest BCUT2D eigenvalue weighted by molar-refractivity contribution is 7.99. The third-order valence-electron chi connectivity index (χ3n) is 3.94. The molecule has 0 unspecified atom stereocenters. The second kappa shape index (κ2) is 7.71. The standard InChI is InChI=1S/C18H17Cl2NOS/c19-16-6-5-13(11-17(16)20)18(22)15-4-2-1-3-14(15)12-21-7-9-23-10-8-21/h1-6,11H,7-10,12H2. The molecule has 0 amide bonds. The molecule has 0 bridgehead atoms. The number of benzene rings is 2. The molecule has 5 heteroatoms. The lowest BCUT2D eigenvalue weighted by Gasteiger charge is -2.26. The van der Waals surface area contributed by atoms with E-state index in [9.17, 15) is 4.79 Å². The minimum absolute atomic E-state index is 0.00875. The van der Waals surface area contributed by atoms with E-state index in [-0.39, 0.29) is 5.78 Å². The van der Waals surface area contributed by atoms with Crippen LogP contribution >= 0.6 is 35.0 Å². The average molecular weight is 366 g/mol. The van der Waals surface area contributed by atoms with Crippen molar-refractivity contribution in [3.05, 3.63) is 69.2 Å². The maximum Gasteiger partial charge on any atom is 0.193 e. The molecular formula is C18H17Cl2NOS. The highest BCUT2D eigenvalue weighted by Gasteiger charge is 2.17. The van der Waals surface area contributed by atoms with Crippen molar-refractivity contribution in [1.29, 1.82) is 0 Å². The van der Waals surface area contributed by atoms with Gasteiger partial charge in [-0.3, -0.25) is 9.69 Å². The maximum atomic E-state index is 12.8. The molecule has 0 spiro atoms. The summed E-state index contributed by atoms with van der Waals surface area (Å²) in [7, 11) is 0. The molecular weight excluding hydrogens is 349 g/mol. The van der Waals surface area contributed by atoms with E-state index in [0.29, 0.717) is 15.6 Å². The fourth-order valence-corrected chi connectivity index (χ4v) is 3.95. The van der Waals surface area contributed by atoms with Gasteiger partial charge in [-0.25, -0.2) is 0 Å². The van der Waals surface area contributed by atoms with Crippen LogP contribution in [0.1, 0.15) is 21.5 Å².